The van der Waals surface area contributed by atoms with Crippen LogP contribution in [0, 0.1) is 6.92 Å². The predicted molar refractivity (Wildman–Crippen MR) is 78.8 cm³/mol. The van der Waals surface area contributed by atoms with Crippen molar-refractivity contribution in [3.05, 3.63) is 28.2 Å². The molecule has 112 valence electrons. The smallest absolute Gasteiger partial charge is 0.404 e. The number of hydrogen-bond acceptors (Lipinski definition) is 5. The Labute approximate surface area is 126 Å². The molecule has 0 aliphatic heterocycles. The first kappa shape index (κ1) is 16.7. The fraction of sp³-hybridized carbons (Fsp3) is 0.462. The number of carbonyl (C=O) groups is 1. The van der Waals surface area contributed by atoms with Crippen LogP contribution in [0.1, 0.15) is 5.56 Å². The molecule has 1 atom stereocenters. The van der Waals surface area contributed by atoms with E-state index in [4.69, 9.17) is 10.5 Å². The number of aryl methyl sites for hydroxylation is 1. The van der Waals surface area contributed by atoms with Crippen molar-refractivity contribution >= 4 is 22.0 Å². The quantitative estimate of drug-likeness (QED) is 0.614. The van der Waals surface area contributed by atoms with Gasteiger partial charge in [0.2, 0.25) is 0 Å². The number of amides is 1. The third-order valence-electron chi connectivity index (χ3n) is 2.42. The van der Waals surface area contributed by atoms with Gasteiger partial charge in [0.05, 0.1) is 4.47 Å². The fourth-order valence-corrected chi connectivity index (χ4v) is 2.07. The largest absolute Gasteiger partial charge is 0.490 e. The molecule has 0 aliphatic carbocycles. The summed E-state index contributed by atoms with van der Waals surface area (Å²) in [6.07, 6.45) is -1.46. The Hall–Kier alpha value is -1.31. The summed E-state index contributed by atoms with van der Waals surface area (Å²) in [6.45, 7) is 3.10. The van der Waals surface area contributed by atoms with Gasteiger partial charge in [0.25, 0.3) is 0 Å². The third-order valence-corrected chi connectivity index (χ3v) is 3.04. The van der Waals surface area contributed by atoms with Gasteiger partial charge in [-0.15, -0.1) is 0 Å². The number of benzene rings is 1. The van der Waals surface area contributed by atoms with Crippen LogP contribution in [0.5, 0.6) is 5.75 Å². The van der Waals surface area contributed by atoms with Gasteiger partial charge in [-0.2, -0.15) is 0 Å². The lowest BCUT2D eigenvalue weighted by atomic mass is 10.2. The van der Waals surface area contributed by atoms with Crippen molar-refractivity contribution in [2.24, 2.45) is 5.73 Å². The molecule has 1 aromatic carbocycles. The van der Waals surface area contributed by atoms with E-state index in [1.165, 1.54) is 0 Å². The number of aliphatic hydroxyl groups excluding tert-OH is 1. The van der Waals surface area contributed by atoms with E-state index in [-0.39, 0.29) is 13.2 Å². The molecule has 0 radical (unpaired) electrons. The van der Waals surface area contributed by atoms with Gasteiger partial charge in [-0.3, -0.25) is 0 Å². The van der Waals surface area contributed by atoms with Gasteiger partial charge in [0, 0.05) is 13.1 Å². The van der Waals surface area contributed by atoms with Crippen LogP contribution in [-0.4, -0.2) is 43.6 Å². The molecule has 0 aromatic heterocycles. The summed E-state index contributed by atoms with van der Waals surface area (Å²) in [5.41, 5.74) is 5.93. The number of halogens is 1. The molecule has 4 N–H and O–H groups in total. The second-order valence-electron chi connectivity index (χ2n) is 4.27. The lowest BCUT2D eigenvalue weighted by Crippen LogP contribution is -2.34. The first-order valence-electron chi connectivity index (χ1n) is 6.19. The Morgan fingerprint density at radius 1 is 1.55 bits per heavy atom. The Morgan fingerprint density at radius 2 is 2.30 bits per heavy atom. The lowest BCUT2D eigenvalue weighted by Gasteiger charge is -2.14. The molecule has 20 heavy (non-hydrogen) atoms. The third kappa shape index (κ3) is 6.74. The molecule has 0 bridgehead atoms. The maximum absolute atomic E-state index is 10.3. The second kappa shape index (κ2) is 8.78. The van der Waals surface area contributed by atoms with Crippen LogP contribution in [0.4, 0.5) is 4.79 Å². The van der Waals surface area contributed by atoms with Crippen molar-refractivity contribution < 1.29 is 19.4 Å². The van der Waals surface area contributed by atoms with Gasteiger partial charge in [0.15, 0.2) is 0 Å². The Kier molecular flexibility index (Phi) is 7.35. The van der Waals surface area contributed by atoms with Crippen molar-refractivity contribution in [3.63, 3.8) is 0 Å². The summed E-state index contributed by atoms with van der Waals surface area (Å²) >= 11 is 3.40. The number of primary amides is 1. The Balaban J connectivity index is 2.19. The number of rotatable bonds is 8. The number of nitrogens with two attached hydrogens (primary N) is 1. The van der Waals surface area contributed by atoms with E-state index in [0.29, 0.717) is 18.8 Å². The zero-order valence-electron chi connectivity index (χ0n) is 11.3. The van der Waals surface area contributed by atoms with Gasteiger partial charge in [-0.25, -0.2) is 4.79 Å². The second-order valence-corrected chi connectivity index (χ2v) is 5.12. The van der Waals surface area contributed by atoms with Crippen LogP contribution in [-0.2, 0) is 4.74 Å². The normalized spacial score (nSPS) is 11.9. The minimum atomic E-state index is -0.806. The highest BCUT2D eigenvalue weighted by Gasteiger charge is 2.07. The lowest BCUT2D eigenvalue weighted by molar-refractivity contribution is 0.103. The molecule has 1 aromatic rings. The van der Waals surface area contributed by atoms with E-state index in [0.717, 1.165) is 10.0 Å². The van der Waals surface area contributed by atoms with E-state index in [2.05, 4.69) is 26.0 Å². The molecule has 0 spiro atoms. The minimum Gasteiger partial charge on any atom is -0.490 e. The number of carbonyl (C=O) groups excluding carboxylic acids is 1. The average Bonchev–Trinajstić information content (AvgIpc) is 2.37. The summed E-state index contributed by atoms with van der Waals surface area (Å²) in [7, 11) is 0. The van der Waals surface area contributed by atoms with Crippen LogP contribution in [0.3, 0.4) is 0 Å². The average molecular weight is 347 g/mol. The van der Waals surface area contributed by atoms with Crippen molar-refractivity contribution in [2.75, 3.05) is 26.3 Å². The molecule has 7 heteroatoms. The van der Waals surface area contributed by atoms with E-state index < -0.39 is 12.2 Å². The number of hydrogen-bond donors (Lipinski definition) is 3. The zero-order chi connectivity index (χ0) is 15.0. The van der Waals surface area contributed by atoms with Crippen molar-refractivity contribution in [1.82, 2.24) is 5.32 Å². The zero-order valence-corrected chi connectivity index (χ0v) is 12.9. The monoisotopic (exact) mass is 346 g/mol. The highest BCUT2D eigenvalue weighted by molar-refractivity contribution is 9.10. The summed E-state index contributed by atoms with van der Waals surface area (Å²) in [6, 6.07) is 5.73. The Bertz CT molecular complexity index is 442. The van der Waals surface area contributed by atoms with Gasteiger partial charge in [-0.05, 0) is 40.5 Å². The summed E-state index contributed by atoms with van der Waals surface area (Å²) in [5, 5.41) is 12.7. The number of ether oxygens (including phenoxy) is 2. The van der Waals surface area contributed by atoms with Crippen molar-refractivity contribution in [1.29, 1.82) is 0 Å². The molecular weight excluding hydrogens is 328 g/mol. The van der Waals surface area contributed by atoms with E-state index >= 15 is 0 Å². The van der Waals surface area contributed by atoms with Crippen LogP contribution < -0.4 is 15.8 Å². The van der Waals surface area contributed by atoms with E-state index in [1.807, 2.05) is 25.1 Å². The molecule has 1 rings (SSSR count). The predicted octanol–water partition coefficient (Wildman–Crippen LogP) is 1.18. The van der Waals surface area contributed by atoms with Gasteiger partial charge >= 0.3 is 6.09 Å². The standard InChI is InChI=1S/C13H19BrN2O4/c1-9-2-3-12(11(14)6-9)20-8-10(17)7-16-4-5-19-13(15)18/h2-3,6,10,16-17H,4-5,7-8H2,1H3,(H2,15,18). The van der Waals surface area contributed by atoms with Crippen molar-refractivity contribution in [2.45, 2.75) is 13.0 Å². The SMILES string of the molecule is Cc1ccc(OCC(O)CNCCOC(N)=O)c(Br)c1. The fourth-order valence-electron chi connectivity index (χ4n) is 1.46. The maximum Gasteiger partial charge on any atom is 0.404 e. The number of nitrogens with one attached hydrogen (secondary N) is 1. The first-order valence-corrected chi connectivity index (χ1v) is 6.98. The topological polar surface area (TPSA) is 93.8 Å². The molecule has 0 saturated carbocycles. The molecule has 0 aliphatic rings. The number of aliphatic hydroxyl groups is 1. The minimum absolute atomic E-state index is 0.172. The van der Waals surface area contributed by atoms with Crippen molar-refractivity contribution in [3.8, 4) is 5.75 Å². The summed E-state index contributed by atoms with van der Waals surface area (Å²) in [5.74, 6) is 0.687. The summed E-state index contributed by atoms with van der Waals surface area (Å²) < 4.78 is 10.9. The molecule has 1 unspecified atom stereocenters. The van der Waals surface area contributed by atoms with Gasteiger partial charge in [0.1, 0.15) is 25.1 Å². The van der Waals surface area contributed by atoms with Crippen LogP contribution in [0.15, 0.2) is 22.7 Å². The highest BCUT2D eigenvalue weighted by Crippen LogP contribution is 2.25. The molecule has 0 fully saturated rings. The molecule has 1 amide bonds. The summed E-state index contributed by atoms with van der Waals surface area (Å²) in [4.78, 5) is 10.3. The maximum atomic E-state index is 10.3. The molecule has 0 heterocycles. The van der Waals surface area contributed by atoms with Gasteiger partial charge < -0.3 is 25.6 Å². The van der Waals surface area contributed by atoms with Crippen LogP contribution in [0.25, 0.3) is 0 Å². The molecule has 6 nitrogen and oxygen atoms in total. The molecular formula is C13H19BrN2O4. The van der Waals surface area contributed by atoms with E-state index in [9.17, 15) is 9.90 Å². The van der Waals surface area contributed by atoms with E-state index in [1.54, 1.807) is 0 Å². The highest BCUT2D eigenvalue weighted by atomic mass is 79.9. The van der Waals surface area contributed by atoms with Crippen LogP contribution >= 0.6 is 15.9 Å². The van der Waals surface area contributed by atoms with Gasteiger partial charge in [-0.1, -0.05) is 6.07 Å². The molecule has 0 saturated heterocycles. The Morgan fingerprint density at radius 3 is 2.95 bits per heavy atom. The van der Waals surface area contributed by atoms with Crippen LogP contribution in [0.2, 0.25) is 0 Å². The first-order chi connectivity index (χ1) is 9.49.